The number of H-pyrrole nitrogens is 1. The highest BCUT2D eigenvalue weighted by molar-refractivity contribution is 7.92. The number of nitrogens with zero attached hydrogens (tertiary/aromatic N) is 3. The normalized spacial score (nSPS) is 11.8. The van der Waals surface area contributed by atoms with E-state index in [1.807, 2.05) is 0 Å². The molecule has 0 radical (unpaired) electrons. The molecule has 0 amide bonds. The average molecular weight is 262 g/mol. The number of aromatic amines is 1. The van der Waals surface area contributed by atoms with Crippen molar-refractivity contribution in [3.05, 3.63) is 12.7 Å². The molecule has 0 spiro atoms. The SMILES string of the molecule is O=S(=O)(CCCl)Nc1ncnc2nc[nH]c12. The van der Waals surface area contributed by atoms with E-state index in [2.05, 4.69) is 24.7 Å². The third kappa shape index (κ3) is 2.22. The maximum Gasteiger partial charge on any atom is 0.235 e. The first-order chi connectivity index (χ1) is 7.62. The highest BCUT2D eigenvalue weighted by Gasteiger charge is 2.13. The molecule has 0 bridgehead atoms. The van der Waals surface area contributed by atoms with Gasteiger partial charge in [0.05, 0.1) is 12.1 Å². The lowest BCUT2D eigenvalue weighted by Gasteiger charge is -2.05. The molecule has 0 saturated carbocycles. The van der Waals surface area contributed by atoms with Crippen LogP contribution < -0.4 is 4.72 Å². The molecule has 0 unspecified atom stereocenters. The number of hydrogen-bond donors (Lipinski definition) is 2. The second-order valence-corrected chi connectivity index (χ2v) is 5.15. The lowest BCUT2D eigenvalue weighted by atomic mass is 10.5. The van der Waals surface area contributed by atoms with Gasteiger partial charge in [0.25, 0.3) is 0 Å². The van der Waals surface area contributed by atoms with E-state index in [0.29, 0.717) is 11.2 Å². The summed E-state index contributed by atoms with van der Waals surface area (Å²) in [5.41, 5.74) is 0.847. The van der Waals surface area contributed by atoms with E-state index in [0.717, 1.165) is 0 Å². The van der Waals surface area contributed by atoms with Crippen molar-refractivity contribution in [2.75, 3.05) is 16.4 Å². The van der Waals surface area contributed by atoms with Crippen LogP contribution in [0.15, 0.2) is 12.7 Å². The zero-order valence-electron chi connectivity index (χ0n) is 8.01. The molecule has 9 heteroatoms. The van der Waals surface area contributed by atoms with Crippen LogP contribution in [-0.2, 0) is 10.0 Å². The maximum absolute atomic E-state index is 11.5. The molecule has 0 aromatic carbocycles. The van der Waals surface area contributed by atoms with Crippen molar-refractivity contribution < 1.29 is 8.42 Å². The first kappa shape index (κ1) is 11.1. The number of hydrogen-bond acceptors (Lipinski definition) is 5. The predicted octanol–water partition coefficient (Wildman–Crippen LogP) is 0.333. The summed E-state index contributed by atoms with van der Waals surface area (Å²) in [6.45, 7) is 0. The number of imidazole rings is 1. The topological polar surface area (TPSA) is 101 Å². The fourth-order valence-corrected chi connectivity index (χ4v) is 2.51. The zero-order valence-corrected chi connectivity index (χ0v) is 9.59. The van der Waals surface area contributed by atoms with Gasteiger partial charge in [-0.25, -0.2) is 23.4 Å². The van der Waals surface area contributed by atoms with E-state index in [9.17, 15) is 8.42 Å². The number of alkyl halides is 1. The van der Waals surface area contributed by atoms with Gasteiger partial charge in [-0.15, -0.1) is 11.6 Å². The number of aromatic nitrogens is 4. The molecule has 0 aliphatic heterocycles. The third-order valence-electron chi connectivity index (χ3n) is 1.82. The fourth-order valence-electron chi connectivity index (χ4n) is 1.14. The molecule has 2 rings (SSSR count). The predicted molar refractivity (Wildman–Crippen MR) is 59.8 cm³/mol. The van der Waals surface area contributed by atoms with Gasteiger partial charge >= 0.3 is 0 Å². The molecule has 86 valence electrons. The first-order valence-electron chi connectivity index (χ1n) is 4.33. The Hall–Kier alpha value is -1.41. The third-order valence-corrected chi connectivity index (χ3v) is 3.48. The Balaban J connectivity index is 2.38. The van der Waals surface area contributed by atoms with Gasteiger partial charge in [0.2, 0.25) is 10.0 Å². The number of sulfonamides is 1. The van der Waals surface area contributed by atoms with Crippen molar-refractivity contribution in [2.45, 2.75) is 0 Å². The minimum Gasteiger partial charge on any atom is -0.340 e. The Labute approximate surface area is 96.3 Å². The molecule has 0 aliphatic rings. The van der Waals surface area contributed by atoms with Gasteiger partial charge in [0, 0.05) is 5.88 Å². The van der Waals surface area contributed by atoms with Crippen molar-refractivity contribution in [3.63, 3.8) is 0 Å². The Morgan fingerprint density at radius 2 is 2.19 bits per heavy atom. The van der Waals surface area contributed by atoms with E-state index in [1.54, 1.807) is 0 Å². The second-order valence-electron chi connectivity index (χ2n) is 2.93. The fraction of sp³-hybridized carbons (Fsp3) is 0.286. The van der Waals surface area contributed by atoms with E-state index in [1.165, 1.54) is 12.7 Å². The number of nitrogens with one attached hydrogen (secondary N) is 2. The van der Waals surface area contributed by atoms with Crippen LogP contribution in [0.2, 0.25) is 0 Å². The van der Waals surface area contributed by atoms with Gasteiger partial charge < -0.3 is 4.98 Å². The smallest absolute Gasteiger partial charge is 0.235 e. The van der Waals surface area contributed by atoms with E-state index < -0.39 is 10.0 Å². The van der Waals surface area contributed by atoms with Crippen LogP contribution in [0.4, 0.5) is 5.82 Å². The molecule has 2 N–H and O–H groups in total. The molecular weight excluding hydrogens is 254 g/mol. The van der Waals surface area contributed by atoms with Crippen LogP contribution in [0.5, 0.6) is 0 Å². The van der Waals surface area contributed by atoms with E-state index in [-0.39, 0.29) is 17.5 Å². The molecule has 0 aliphatic carbocycles. The molecule has 0 saturated heterocycles. The minimum absolute atomic E-state index is 0.0204. The molecule has 2 aromatic rings. The second kappa shape index (κ2) is 4.22. The molecule has 7 nitrogen and oxygen atoms in total. The number of anilines is 1. The van der Waals surface area contributed by atoms with E-state index >= 15 is 0 Å². The summed E-state index contributed by atoms with van der Waals surface area (Å²) >= 11 is 5.38. The number of halogens is 1. The zero-order chi connectivity index (χ0) is 11.6. The largest absolute Gasteiger partial charge is 0.340 e. The van der Waals surface area contributed by atoms with E-state index in [4.69, 9.17) is 11.6 Å². The van der Waals surface area contributed by atoms with Gasteiger partial charge in [-0.05, 0) is 0 Å². The van der Waals surface area contributed by atoms with Gasteiger partial charge in [-0.2, -0.15) is 0 Å². The summed E-state index contributed by atoms with van der Waals surface area (Å²) < 4.78 is 25.3. The van der Waals surface area contributed by atoms with Crippen LogP contribution in [0, 0.1) is 0 Å². The quantitative estimate of drug-likeness (QED) is 0.773. The number of rotatable bonds is 4. The molecule has 2 heterocycles. The van der Waals surface area contributed by atoms with Gasteiger partial charge in [-0.3, -0.25) is 4.72 Å². The monoisotopic (exact) mass is 261 g/mol. The van der Waals surface area contributed by atoms with Crippen LogP contribution in [0.3, 0.4) is 0 Å². The van der Waals surface area contributed by atoms with Gasteiger partial charge in [0.1, 0.15) is 11.8 Å². The highest BCUT2D eigenvalue weighted by Crippen LogP contribution is 2.15. The summed E-state index contributed by atoms with van der Waals surface area (Å²) in [7, 11) is -3.47. The lowest BCUT2D eigenvalue weighted by Crippen LogP contribution is -2.18. The van der Waals surface area contributed by atoms with Crippen molar-refractivity contribution in [1.29, 1.82) is 0 Å². The standard InChI is InChI=1S/C7H8ClN5O2S/c8-1-2-16(14,15)13-7-5-6(10-3-9-5)11-4-12-7/h3-4H,1-2H2,(H2,9,10,11,12,13). The Kier molecular flexibility index (Phi) is 2.92. The van der Waals surface area contributed by atoms with Crippen molar-refractivity contribution in [2.24, 2.45) is 0 Å². The summed E-state index contributed by atoms with van der Waals surface area (Å²) in [5.74, 6) is 0.0217. The Morgan fingerprint density at radius 1 is 1.38 bits per heavy atom. The number of fused-ring (bicyclic) bond motifs is 1. The maximum atomic E-state index is 11.5. The minimum atomic E-state index is -3.47. The van der Waals surface area contributed by atoms with Gasteiger partial charge in [0.15, 0.2) is 11.5 Å². The van der Waals surface area contributed by atoms with Crippen LogP contribution in [0.25, 0.3) is 11.2 Å². The average Bonchev–Trinajstić information content (AvgIpc) is 2.65. The highest BCUT2D eigenvalue weighted by atomic mass is 35.5. The molecule has 0 atom stereocenters. The van der Waals surface area contributed by atoms with Gasteiger partial charge in [-0.1, -0.05) is 0 Å². The molecular formula is C7H8ClN5O2S. The summed E-state index contributed by atoms with van der Waals surface area (Å²) in [6, 6.07) is 0. The van der Waals surface area contributed by atoms with Crippen molar-refractivity contribution >= 4 is 38.6 Å². The first-order valence-corrected chi connectivity index (χ1v) is 6.51. The summed E-state index contributed by atoms with van der Waals surface area (Å²) in [5, 5.41) is 0. The molecule has 2 aromatic heterocycles. The van der Waals surface area contributed by atoms with Crippen molar-refractivity contribution in [3.8, 4) is 0 Å². The molecule has 16 heavy (non-hydrogen) atoms. The Bertz CT molecular complexity index is 596. The van der Waals surface area contributed by atoms with Crippen LogP contribution in [0.1, 0.15) is 0 Å². The lowest BCUT2D eigenvalue weighted by molar-refractivity contribution is 0.602. The molecule has 0 fully saturated rings. The summed E-state index contributed by atoms with van der Waals surface area (Å²) in [6.07, 6.45) is 2.65. The Morgan fingerprint density at radius 3 is 2.94 bits per heavy atom. The van der Waals surface area contributed by atoms with Crippen molar-refractivity contribution in [1.82, 2.24) is 19.9 Å². The summed E-state index contributed by atoms with van der Waals surface area (Å²) in [4.78, 5) is 14.3. The van der Waals surface area contributed by atoms with Crippen LogP contribution >= 0.6 is 11.6 Å². The van der Waals surface area contributed by atoms with Crippen LogP contribution in [-0.4, -0.2) is 40.0 Å².